The quantitative estimate of drug-likeness (QED) is 0.749. The molecule has 1 aromatic carbocycles. The summed E-state index contributed by atoms with van der Waals surface area (Å²) in [4.78, 5) is 23.2. The van der Waals surface area contributed by atoms with Gasteiger partial charge in [-0.3, -0.25) is 4.79 Å². The maximum Gasteiger partial charge on any atom is 0.490 e. The number of carboxylic acid groups (broad SMARTS) is 1. The monoisotopic (exact) mass is 427 g/mol. The van der Waals surface area contributed by atoms with Gasteiger partial charge in [0.2, 0.25) is 5.91 Å². The lowest BCUT2D eigenvalue weighted by molar-refractivity contribution is -0.192. The Labute approximate surface area is 172 Å². The minimum Gasteiger partial charge on any atom is -0.475 e. The van der Waals surface area contributed by atoms with Crippen LogP contribution in [0.5, 0.6) is 0 Å². The van der Waals surface area contributed by atoms with Crippen molar-refractivity contribution in [3.05, 3.63) is 35.9 Å². The van der Waals surface area contributed by atoms with Crippen molar-refractivity contribution >= 4 is 11.9 Å². The van der Waals surface area contributed by atoms with Gasteiger partial charge < -0.3 is 20.1 Å². The Balaban J connectivity index is 0.000000396. The lowest BCUT2D eigenvalue weighted by atomic mass is 10.1. The topological polar surface area (TPSA) is 103 Å². The van der Waals surface area contributed by atoms with E-state index >= 15 is 0 Å². The van der Waals surface area contributed by atoms with Crippen molar-refractivity contribution in [1.29, 1.82) is 5.26 Å². The number of nitrogens with zero attached hydrogens (tertiary/aromatic N) is 2. The number of aliphatic carboxylic acids is 1. The van der Waals surface area contributed by atoms with Crippen LogP contribution in [-0.4, -0.2) is 59.3 Å². The van der Waals surface area contributed by atoms with E-state index in [1.165, 1.54) is 0 Å². The number of alkyl halides is 3. The van der Waals surface area contributed by atoms with Crippen molar-refractivity contribution in [1.82, 2.24) is 10.2 Å². The Bertz CT molecular complexity index is 752. The molecule has 0 radical (unpaired) electrons. The Morgan fingerprint density at radius 2 is 1.90 bits per heavy atom. The van der Waals surface area contributed by atoms with E-state index in [4.69, 9.17) is 19.9 Å². The molecule has 1 aromatic rings. The minimum atomic E-state index is -5.08. The van der Waals surface area contributed by atoms with Crippen molar-refractivity contribution in [2.75, 3.05) is 13.2 Å². The summed E-state index contributed by atoms with van der Waals surface area (Å²) in [5, 5.41) is 19.6. The van der Waals surface area contributed by atoms with Crippen molar-refractivity contribution in [2.24, 2.45) is 0 Å². The molecule has 164 valence electrons. The molecular weight excluding hydrogens is 403 g/mol. The zero-order chi connectivity index (χ0) is 22.1. The highest BCUT2D eigenvalue weighted by molar-refractivity contribution is 5.83. The zero-order valence-corrected chi connectivity index (χ0v) is 16.3. The van der Waals surface area contributed by atoms with Gasteiger partial charge in [-0.05, 0) is 31.2 Å². The minimum absolute atomic E-state index is 0.0830. The Morgan fingerprint density at radius 3 is 2.50 bits per heavy atom. The third-order valence-electron chi connectivity index (χ3n) is 4.90. The van der Waals surface area contributed by atoms with Gasteiger partial charge in [-0.1, -0.05) is 30.3 Å². The number of halogens is 3. The number of carboxylic acids is 1. The van der Waals surface area contributed by atoms with Crippen molar-refractivity contribution in [2.45, 2.75) is 56.6 Å². The van der Waals surface area contributed by atoms with Gasteiger partial charge in [0.15, 0.2) is 0 Å². The van der Waals surface area contributed by atoms with Crippen LogP contribution in [0.25, 0.3) is 0 Å². The summed E-state index contributed by atoms with van der Waals surface area (Å²) in [7, 11) is 0. The molecular formula is C20H24F3N3O4. The molecule has 2 saturated heterocycles. The fourth-order valence-corrected chi connectivity index (χ4v) is 3.40. The number of benzene rings is 1. The van der Waals surface area contributed by atoms with E-state index in [9.17, 15) is 18.0 Å². The van der Waals surface area contributed by atoms with Gasteiger partial charge >= 0.3 is 12.1 Å². The molecule has 2 heterocycles. The summed E-state index contributed by atoms with van der Waals surface area (Å²) in [6.45, 7) is 1.92. The molecule has 0 aliphatic carbocycles. The van der Waals surface area contributed by atoms with Crippen LogP contribution in [0.2, 0.25) is 0 Å². The second-order valence-electron chi connectivity index (χ2n) is 7.12. The molecule has 0 bridgehead atoms. The predicted molar refractivity (Wildman–Crippen MR) is 100 cm³/mol. The Hall–Kier alpha value is -2.64. The number of amides is 1. The van der Waals surface area contributed by atoms with Crippen molar-refractivity contribution < 1.29 is 32.6 Å². The van der Waals surface area contributed by atoms with Crippen LogP contribution in [0.15, 0.2) is 30.3 Å². The van der Waals surface area contributed by atoms with Gasteiger partial charge in [-0.25, -0.2) is 4.79 Å². The molecule has 0 spiro atoms. The smallest absolute Gasteiger partial charge is 0.475 e. The third-order valence-corrected chi connectivity index (χ3v) is 4.90. The maximum atomic E-state index is 12.5. The van der Waals surface area contributed by atoms with E-state index in [-0.39, 0.29) is 24.0 Å². The van der Waals surface area contributed by atoms with Crippen molar-refractivity contribution in [3.8, 4) is 6.07 Å². The van der Waals surface area contributed by atoms with Gasteiger partial charge in [0.1, 0.15) is 6.04 Å². The largest absolute Gasteiger partial charge is 0.490 e. The van der Waals surface area contributed by atoms with Gasteiger partial charge in [0.05, 0.1) is 25.3 Å². The number of carbonyl (C=O) groups is 2. The van der Waals surface area contributed by atoms with E-state index in [2.05, 4.69) is 11.4 Å². The van der Waals surface area contributed by atoms with Gasteiger partial charge in [-0.15, -0.1) is 0 Å². The van der Waals surface area contributed by atoms with Crippen LogP contribution in [0.3, 0.4) is 0 Å². The number of nitrogens with one attached hydrogen (secondary N) is 1. The van der Waals surface area contributed by atoms with E-state index in [1.807, 2.05) is 30.3 Å². The van der Waals surface area contributed by atoms with Crippen LogP contribution in [0.1, 0.15) is 31.2 Å². The summed E-state index contributed by atoms with van der Waals surface area (Å²) in [5.74, 6) is -2.67. The number of hydrogen-bond donors (Lipinski definition) is 2. The normalized spacial score (nSPS) is 23.4. The molecule has 2 fully saturated rings. The summed E-state index contributed by atoms with van der Waals surface area (Å²) in [6.07, 6.45) is -1.58. The second kappa shape index (κ2) is 10.9. The summed E-state index contributed by atoms with van der Waals surface area (Å²) in [6, 6.07) is 12.1. The molecule has 2 aliphatic heterocycles. The highest BCUT2D eigenvalue weighted by Crippen LogP contribution is 2.22. The first kappa shape index (κ1) is 23.6. The molecule has 7 nitrogen and oxygen atoms in total. The van der Waals surface area contributed by atoms with Crippen LogP contribution < -0.4 is 5.32 Å². The van der Waals surface area contributed by atoms with E-state index in [0.717, 1.165) is 31.2 Å². The highest BCUT2D eigenvalue weighted by Gasteiger charge is 2.38. The first-order valence-electron chi connectivity index (χ1n) is 9.60. The number of carbonyl (C=O) groups excluding carboxylic acids is 1. The molecule has 0 unspecified atom stereocenters. The first-order chi connectivity index (χ1) is 14.2. The third kappa shape index (κ3) is 7.00. The average Bonchev–Trinajstić information content (AvgIpc) is 3.37. The molecule has 1 amide bonds. The molecule has 0 aromatic heterocycles. The fourth-order valence-electron chi connectivity index (χ4n) is 3.40. The lowest BCUT2D eigenvalue weighted by Gasteiger charge is -2.23. The summed E-state index contributed by atoms with van der Waals surface area (Å²) in [5.41, 5.74) is 1.16. The van der Waals surface area contributed by atoms with Crippen LogP contribution >= 0.6 is 0 Å². The molecule has 2 aliphatic rings. The molecule has 10 heteroatoms. The lowest BCUT2D eigenvalue weighted by Crippen LogP contribution is -2.47. The summed E-state index contributed by atoms with van der Waals surface area (Å²) < 4.78 is 37.5. The molecule has 0 saturated carbocycles. The highest BCUT2D eigenvalue weighted by atomic mass is 19.4. The molecule has 30 heavy (non-hydrogen) atoms. The maximum absolute atomic E-state index is 12.5. The predicted octanol–water partition coefficient (Wildman–Crippen LogP) is 2.47. The Kier molecular flexibility index (Phi) is 8.62. The van der Waals surface area contributed by atoms with Crippen molar-refractivity contribution in [3.63, 3.8) is 0 Å². The van der Waals surface area contributed by atoms with E-state index < -0.39 is 12.1 Å². The van der Waals surface area contributed by atoms with Crippen LogP contribution in [0.4, 0.5) is 13.2 Å². The second-order valence-corrected chi connectivity index (χ2v) is 7.12. The number of likely N-dealkylation sites (tertiary alicyclic amines) is 1. The number of rotatable bonds is 5. The van der Waals surface area contributed by atoms with Crippen LogP contribution in [-0.2, 0) is 20.9 Å². The molecule has 3 atom stereocenters. The SMILES string of the molecule is N#C[C@@H]1CCCN1C(=O)[C@@H]1CC[C@H](COCc2ccccc2)N1.O=C(O)C(F)(F)F. The number of nitriles is 1. The Morgan fingerprint density at radius 1 is 1.23 bits per heavy atom. The van der Waals surface area contributed by atoms with Gasteiger partial charge in [-0.2, -0.15) is 18.4 Å². The van der Waals surface area contributed by atoms with Gasteiger partial charge in [0.25, 0.3) is 0 Å². The van der Waals surface area contributed by atoms with E-state index in [1.54, 1.807) is 4.90 Å². The van der Waals surface area contributed by atoms with Gasteiger partial charge in [0, 0.05) is 12.6 Å². The number of ether oxygens (including phenoxy) is 1. The number of hydrogen-bond acceptors (Lipinski definition) is 5. The van der Waals surface area contributed by atoms with Crippen LogP contribution in [0, 0.1) is 11.3 Å². The van der Waals surface area contributed by atoms with E-state index in [0.29, 0.717) is 19.8 Å². The molecule has 3 rings (SSSR count). The zero-order valence-electron chi connectivity index (χ0n) is 16.3. The molecule has 2 N–H and O–H groups in total. The summed E-state index contributed by atoms with van der Waals surface area (Å²) >= 11 is 0. The average molecular weight is 427 g/mol. The first-order valence-corrected chi connectivity index (χ1v) is 9.60. The standard InChI is InChI=1S/C18H23N3O2.C2HF3O2/c19-11-16-7-4-10-21(16)18(22)17-9-8-15(20-17)13-23-12-14-5-2-1-3-6-14;3-2(4,5)1(6)7/h1-3,5-6,15-17,20H,4,7-10,12-13H2;(H,6,7)/t15-,16+,17+;/m1./s1. The fraction of sp³-hybridized carbons (Fsp3) is 0.550.